The monoisotopic (exact) mass is 507 g/mol. The van der Waals surface area contributed by atoms with Crippen LogP contribution in [0.1, 0.15) is 107 Å². The molecular weight excluding hydrogens is 460 g/mol. The molecule has 0 unspecified atom stereocenters. The molecule has 0 saturated heterocycles. The number of fused-ring (bicyclic) bond motifs is 1. The zero-order valence-corrected chi connectivity index (χ0v) is 25.5. The number of benzene rings is 3. The van der Waals surface area contributed by atoms with Gasteiger partial charge >= 0.3 is 0 Å². The fourth-order valence-corrected chi connectivity index (χ4v) is 5.75. The van der Waals surface area contributed by atoms with Crippen molar-refractivity contribution >= 4 is 10.9 Å². The SMILES string of the molecule is Cc1cc(-c2c(C(C)C)cc(C(C)C)cc2C(C)C)cc(-c2c3ccc(CC(C)C)cc3nc[n+]2C)c1C. The maximum absolute atomic E-state index is 4.83. The summed E-state index contributed by atoms with van der Waals surface area (Å²) in [4.78, 5) is 4.83. The normalized spacial score (nSPS) is 12.1. The van der Waals surface area contributed by atoms with Crippen LogP contribution in [-0.4, -0.2) is 4.98 Å². The molecule has 0 fully saturated rings. The molecule has 4 aromatic rings. The van der Waals surface area contributed by atoms with Crippen LogP contribution in [0.15, 0.2) is 48.8 Å². The Morgan fingerprint density at radius 3 is 1.95 bits per heavy atom. The van der Waals surface area contributed by atoms with E-state index < -0.39 is 0 Å². The van der Waals surface area contributed by atoms with Crippen LogP contribution >= 0.6 is 0 Å². The van der Waals surface area contributed by atoms with Gasteiger partial charge in [0.25, 0.3) is 6.33 Å². The van der Waals surface area contributed by atoms with Crippen LogP contribution in [0.25, 0.3) is 33.3 Å². The molecule has 0 aliphatic rings. The van der Waals surface area contributed by atoms with Gasteiger partial charge in [-0.3, -0.25) is 0 Å². The number of nitrogens with zero attached hydrogens (tertiary/aromatic N) is 2. The van der Waals surface area contributed by atoms with Gasteiger partial charge in [-0.25, -0.2) is 4.57 Å². The third kappa shape index (κ3) is 5.41. The fraction of sp³-hybridized carbons (Fsp3) is 0.444. The van der Waals surface area contributed by atoms with Gasteiger partial charge in [-0.15, -0.1) is 0 Å². The summed E-state index contributed by atoms with van der Waals surface area (Å²) in [6.45, 7) is 23.0. The third-order valence-electron chi connectivity index (χ3n) is 8.03. The molecule has 0 radical (unpaired) electrons. The second kappa shape index (κ2) is 11.0. The van der Waals surface area contributed by atoms with Crippen molar-refractivity contribution in [3.8, 4) is 22.4 Å². The Labute approximate surface area is 231 Å². The highest BCUT2D eigenvalue weighted by atomic mass is 15.0. The molecule has 200 valence electrons. The molecule has 0 aliphatic heterocycles. The smallest absolute Gasteiger partial charge is 0.232 e. The summed E-state index contributed by atoms with van der Waals surface area (Å²) >= 11 is 0. The van der Waals surface area contributed by atoms with Crippen LogP contribution in [0, 0.1) is 19.8 Å². The zero-order valence-electron chi connectivity index (χ0n) is 25.5. The topological polar surface area (TPSA) is 16.8 Å². The van der Waals surface area contributed by atoms with Gasteiger partial charge in [-0.1, -0.05) is 79.7 Å². The van der Waals surface area contributed by atoms with Crippen molar-refractivity contribution in [2.45, 2.75) is 93.4 Å². The lowest BCUT2D eigenvalue weighted by atomic mass is 9.80. The molecule has 4 rings (SSSR count). The summed E-state index contributed by atoms with van der Waals surface area (Å²) in [7, 11) is 2.13. The summed E-state index contributed by atoms with van der Waals surface area (Å²) in [5.41, 5.74) is 14.7. The van der Waals surface area contributed by atoms with Crippen LogP contribution in [0.5, 0.6) is 0 Å². The predicted octanol–water partition coefficient (Wildman–Crippen LogP) is 9.58. The maximum atomic E-state index is 4.83. The molecule has 0 spiro atoms. The molecule has 1 aromatic heterocycles. The van der Waals surface area contributed by atoms with E-state index in [-0.39, 0.29) is 0 Å². The lowest BCUT2D eigenvalue weighted by Gasteiger charge is -2.24. The molecule has 0 bridgehead atoms. The van der Waals surface area contributed by atoms with E-state index in [1.54, 1.807) is 0 Å². The Kier molecular flexibility index (Phi) is 8.12. The van der Waals surface area contributed by atoms with Crippen molar-refractivity contribution in [3.05, 3.63) is 82.2 Å². The molecule has 2 nitrogen and oxygen atoms in total. The fourth-order valence-electron chi connectivity index (χ4n) is 5.75. The first-order valence-corrected chi connectivity index (χ1v) is 14.5. The van der Waals surface area contributed by atoms with Crippen LogP contribution in [0.2, 0.25) is 0 Å². The summed E-state index contributed by atoms with van der Waals surface area (Å²) < 4.78 is 2.20. The van der Waals surface area contributed by atoms with Gasteiger partial charge in [0.1, 0.15) is 5.69 Å². The minimum absolute atomic E-state index is 0.448. The Bertz CT molecular complexity index is 1440. The summed E-state index contributed by atoms with van der Waals surface area (Å²) in [5, 5.41) is 1.21. The van der Waals surface area contributed by atoms with Crippen molar-refractivity contribution in [1.29, 1.82) is 0 Å². The van der Waals surface area contributed by atoms with Crippen LogP contribution in [0.4, 0.5) is 0 Å². The Morgan fingerprint density at radius 1 is 0.763 bits per heavy atom. The minimum atomic E-state index is 0.448. The molecule has 1 heterocycles. The van der Waals surface area contributed by atoms with Crippen LogP contribution < -0.4 is 4.57 Å². The van der Waals surface area contributed by atoms with E-state index in [4.69, 9.17) is 4.98 Å². The van der Waals surface area contributed by atoms with Crippen molar-refractivity contribution in [2.75, 3.05) is 0 Å². The predicted molar refractivity (Wildman–Crippen MR) is 164 cm³/mol. The maximum Gasteiger partial charge on any atom is 0.287 e. The average Bonchev–Trinajstić information content (AvgIpc) is 2.84. The van der Waals surface area contributed by atoms with Crippen molar-refractivity contribution < 1.29 is 4.57 Å². The van der Waals surface area contributed by atoms with E-state index in [0.29, 0.717) is 23.7 Å². The van der Waals surface area contributed by atoms with Gasteiger partial charge in [-0.2, -0.15) is 0 Å². The molecule has 0 aliphatic carbocycles. The van der Waals surface area contributed by atoms with E-state index in [2.05, 4.69) is 123 Å². The molecule has 3 aromatic carbocycles. The lowest BCUT2D eigenvalue weighted by molar-refractivity contribution is -0.662. The van der Waals surface area contributed by atoms with Gasteiger partial charge in [0.2, 0.25) is 0 Å². The Balaban J connectivity index is 2.02. The number of aromatic nitrogens is 2. The molecular formula is C36H47N2+. The zero-order chi connectivity index (χ0) is 27.9. The standard InChI is InChI=1S/C36H47N2/c1-21(2)14-27-12-13-30-34(16-27)37-20-38(11)36(30)33-19-29(15-25(9)26(33)10)35-31(23(5)6)17-28(22(3)4)18-32(35)24(7)8/h12-13,15-24H,14H2,1-11H3/q+1. The molecule has 2 heteroatoms. The Hall–Kier alpha value is -3.00. The molecule has 38 heavy (non-hydrogen) atoms. The molecule has 0 atom stereocenters. The quantitative estimate of drug-likeness (QED) is 0.228. The number of rotatable bonds is 7. The number of hydrogen-bond acceptors (Lipinski definition) is 1. The summed E-state index contributed by atoms with van der Waals surface area (Å²) in [6.07, 6.45) is 3.05. The van der Waals surface area contributed by atoms with E-state index in [0.717, 1.165) is 11.9 Å². The second-order valence-corrected chi connectivity index (χ2v) is 12.7. The highest BCUT2D eigenvalue weighted by molar-refractivity contribution is 5.93. The van der Waals surface area contributed by atoms with E-state index >= 15 is 0 Å². The van der Waals surface area contributed by atoms with E-state index in [1.807, 2.05) is 6.33 Å². The van der Waals surface area contributed by atoms with Gasteiger partial charge < -0.3 is 0 Å². The first-order chi connectivity index (χ1) is 17.9. The largest absolute Gasteiger partial charge is 0.287 e. The van der Waals surface area contributed by atoms with Crippen LogP contribution in [0.3, 0.4) is 0 Å². The van der Waals surface area contributed by atoms with Gasteiger partial charge in [0.05, 0.1) is 12.4 Å². The van der Waals surface area contributed by atoms with Crippen molar-refractivity contribution in [1.82, 2.24) is 4.98 Å². The van der Waals surface area contributed by atoms with Crippen molar-refractivity contribution in [3.63, 3.8) is 0 Å². The van der Waals surface area contributed by atoms with Crippen LogP contribution in [-0.2, 0) is 13.5 Å². The highest BCUT2D eigenvalue weighted by Crippen LogP contribution is 2.41. The Morgan fingerprint density at radius 2 is 1.39 bits per heavy atom. The first kappa shape index (κ1) is 28.0. The molecule has 0 amide bonds. The highest BCUT2D eigenvalue weighted by Gasteiger charge is 2.23. The van der Waals surface area contributed by atoms with E-state index in [9.17, 15) is 0 Å². The molecule has 0 N–H and O–H groups in total. The van der Waals surface area contributed by atoms with E-state index in [1.165, 1.54) is 61.2 Å². The minimum Gasteiger partial charge on any atom is -0.232 e. The number of hydrogen-bond donors (Lipinski definition) is 0. The van der Waals surface area contributed by atoms with Crippen molar-refractivity contribution in [2.24, 2.45) is 13.0 Å². The molecule has 0 saturated carbocycles. The first-order valence-electron chi connectivity index (χ1n) is 14.5. The summed E-state index contributed by atoms with van der Waals surface area (Å²) in [6, 6.07) is 16.6. The van der Waals surface area contributed by atoms with Gasteiger partial charge in [-0.05, 0) is 112 Å². The second-order valence-electron chi connectivity index (χ2n) is 12.7. The number of aryl methyl sites for hydroxylation is 2. The summed E-state index contributed by atoms with van der Waals surface area (Å²) in [5.74, 6) is 2.03. The lowest BCUT2D eigenvalue weighted by Crippen LogP contribution is -2.32. The third-order valence-corrected chi connectivity index (χ3v) is 8.03. The average molecular weight is 508 g/mol. The van der Waals surface area contributed by atoms with Gasteiger partial charge in [0.15, 0.2) is 5.52 Å². The van der Waals surface area contributed by atoms with Gasteiger partial charge in [0, 0.05) is 5.56 Å².